The number of aromatic nitrogens is 1. The minimum atomic E-state index is -0.933. The average Bonchev–Trinajstić information content (AvgIpc) is 2.93. The van der Waals surface area contributed by atoms with Crippen molar-refractivity contribution in [2.75, 3.05) is 0 Å². The molecule has 2 rings (SSSR count). The summed E-state index contributed by atoms with van der Waals surface area (Å²) in [6, 6.07) is 8.84. The Labute approximate surface area is 129 Å². The van der Waals surface area contributed by atoms with Crippen molar-refractivity contribution in [3.05, 3.63) is 40.4 Å². The third-order valence-electron chi connectivity index (χ3n) is 2.35. The molecule has 0 saturated carbocycles. The highest BCUT2D eigenvalue weighted by Crippen LogP contribution is 2.25. The van der Waals surface area contributed by atoms with Crippen molar-refractivity contribution < 1.29 is 9.63 Å². The van der Waals surface area contributed by atoms with Gasteiger partial charge in [-0.25, -0.2) is 4.98 Å². The van der Waals surface area contributed by atoms with Crippen LogP contribution in [0.15, 0.2) is 34.8 Å². The molecule has 8 heteroatoms. The van der Waals surface area contributed by atoms with Crippen LogP contribution in [0.1, 0.15) is 5.69 Å². The number of rotatable bonds is 5. The number of hydrogen-bond acceptors (Lipinski definition) is 6. The average molecular weight is 321 g/mol. The highest BCUT2D eigenvalue weighted by molar-refractivity contribution is 7.13. The largest absolute Gasteiger partial charge is 0.388 e. The summed E-state index contributed by atoms with van der Waals surface area (Å²) in [5, 5.41) is 15.2. The van der Waals surface area contributed by atoms with Crippen LogP contribution in [-0.2, 0) is 16.2 Å². The molecule has 2 N–H and O–H groups in total. The van der Waals surface area contributed by atoms with Crippen molar-refractivity contribution in [3.8, 4) is 16.6 Å². The maximum absolute atomic E-state index is 10.8. The molecule has 0 unspecified atom stereocenters. The van der Waals surface area contributed by atoms with Crippen molar-refractivity contribution in [2.45, 2.75) is 6.61 Å². The first kappa shape index (κ1) is 15.0. The standard InChI is InChI=1S/C13H9ClN4O2S/c14-9-3-1-8(2-4-9)13-17-10(7-21-13)6-20-18-11(5-15)12(16)19/h1-4,7H,6H2,(H2,16,19). The lowest BCUT2D eigenvalue weighted by Gasteiger charge is -1.97. The van der Waals surface area contributed by atoms with E-state index in [1.54, 1.807) is 23.6 Å². The van der Waals surface area contributed by atoms with E-state index in [0.29, 0.717) is 10.7 Å². The quantitative estimate of drug-likeness (QED) is 0.674. The Hall–Kier alpha value is -2.43. The molecule has 0 fully saturated rings. The van der Waals surface area contributed by atoms with E-state index in [-0.39, 0.29) is 6.61 Å². The minimum Gasteiger partial charge on any atom is -0.388 e. The topological polar surface area (TPSA) is 101 Å². The zero-order valence-electron chi connectivity index (χ0n) is 10.6. The van der Waals surface area contributed by atoms with Crippen LogP contribution in [0.3, 0.4) is 0 Å². The second-order valence-corrected chi connectivity index (χ2v) is 5.13. The van der Waals surface area contributed by atoms with E-state index in [1.807, 2.05) is 12.1 Å². The summed E-state index contributed by atoms with van der Waals surface area (Å²) in [5.74, 6) is -0.933. The SMILES string of the molecule is N#CC(=NOCc1csc(-c2ccc(Cl)cc2)n1)C(N)=O. The number of nitriles is 1. The Morgan fingerprint density at radius 3 is 2.81 bits per heavy atom. The number of amides is 1. The zero-order valence-corrected chi connectivity index (χ0v) is 12.2. The molecule has 0 saturated heterocycles. The van der Waals surface area contributed by atoms with Gasteiger partial charge in [-0.15, -0.1) is 11.3 Å². The summed E-state index contributed by atoms with van der Waals surface area (Å²) in [7, 11) is 0. The molecule has 1 heterocycles. The van der Waals surface area contributed by atoms with Gasteiger partial charge in [0, 0.05) is 16.0 Å². The molecule has 1 amide bonds. The summed E-state index contributed by atoms with van der Waals surface area (Å²) in [5.41, 5.74) is 6.01. The molecule has 0 bridgehead atoms. The van der Waals surface area contributed by atoms with Crippen molar-refractivity contribution >= 4 is 34.6 Å². The van der Waals surface area contributed by atoms with Crippen molar-refractivity contribution in [3.63, 3.8) is 0 Å². The van der Waals surface area contributed by atoms with Gasteiger partial charge in [-0.05, 0) is 12.1 Å². The van der Waals surface area contributed by atoms with Crippen molar-refractivity contribution in [2.24, 2.45) is 10.9 Å². The Morgan fingerprint density at radius 2 is 2.19 bits per heavy atom. The fraction of sp³-hybridized carbons (Fsp3) is 0.0769. The number of nitrogens with zero attached hydrogens (tertiary/aromatic N) is 3. The normalized spacial score (nSPS) is 11.0. The summed E-state index contributed by atoms with van der Waals surface area (Å²) in [6.07, 6.45) is 0. The molecule has 0 aliphatic carbocycles. The number of halogens is 1. The van der Waals surface area contributed by atoms with Crippen LogP contribution in [0, 0.1) is 11.3 Å². The first-order valence-corrected chi connectivity index (χ1v) is 6.96. The predicted octanol–water partition coefficient (Wildman–Crippen LogP) is 2.34. The number of carbonyl (C=O) groups is 1. The minimum absolute atomic E-state index is 0.0442. The summed E-state index contributed by atoms with van der Waals surface area (Å²) < 4.78 is 0. The number of benzene rings is 1. The number of thiazole rings is 1. The van der Waals surface area contributed by atoms with E-state index in [9.17, 15) is 4.79 Å². The first-order valence-electron chi connectivity index (χ1n) is 5.70. The molecule has 106 valence electrons. The van der Waals surface area contributed by atoms with Gasteiger partial charge in [0.1, 0.15) is 11.1 Å². The summed E-state index contributed by atoms with van der Waals surface area (Å²) >= 11 is 7.27. The van der Waals surface area contributed by atoms with Gasteiger partial charge < -0.3 is 10.6 Å². The van der Waals surface area contributed by atoms with Crippen LogP contribution in [-0.4, -0.2) is 16.6 Å². The lowest BCUT2D eigenvalue weighted by molar-refractivity contribution is -0.112. The highest BCUT2D eigenvalue weighted by Gasteiger charge is 2.08. The zero-order chi connectivity index (χ0) is 15.2. The van der Waals surface area contributed by atoms with E-state index < -0.39 is 11.6 Å². The first-order chi connectivity index (χ1) is 10.1. The molecular weight excluding hydrogens is 312 g/mol. The van der Waals surface area contributed by atoms with Gasteiger partial charge >= 0.3 is 0 Å². The molecule has 1 aromatic carbocycles. The molecule has 1 aromatic heterocycles. The molecule has 0 atom stereocenters. The highest BCUT2D eigenvalue weighted by atomic mass is 35.5. The van der Waals surface area contributed by atoms with Crippen LogP contribution < -0.4 is 5.73 Å². The van der Waals surface area contributed by atoms with Crippen LogP contribution in [0.2, 0.25) is 5.02 Å². The molecule has 6 nitrogen and oxygen atoms in total. The molecular formula is C13H9ClN4O2S. The number of hydrogen-bond donors (Lipinski definition) is 1. The Bertz CT molecular complexity index is 719. The van der Waals surface area contributed by atoms with Gasteiger partial charge in [0.05, 0.1) is 5.69 Å². The third kappa shape index (κ3) is 4.02. The maximum atomic E-state index is 10.8. The predicted molar refractivity (Wildman–Crippen MR) is 79.6 cm³/mol. The molecule has 0 aliphatic rings. The summed E-state index contributed by atoms with van der Waals surface area (Å²) in [6.45, 7) is 0.0442. The Balaban J connectivity index is 2.03. The van der Waals surface area contributed by atoms with Crippen LogP contribution in [0.25, 0.3) is 10.6 Å². The second-order valence-electron chi connectivity index (χ2n) is 3.84. The molecule has 21 heavy (non-hydrogen) atoms. The lowest BCUT2D eigenvalue weighted by atomic mass is 10.2. The number of carbonyl (C=O) groups excluding carboxylic acids is 1. The second kappa shape index (κ2) is 6.83. The monoisotopic (exact) mass is 320 g/mol. The Kier molecular flexibility index (Phi) is 4.87. The third-order valence-corrected chi connectivity index (χ3v) is 3.54. The van der Waals surface area contributed by atoms with Crippen molar-refractivity contribution in [1.29, 1.82) is 5.26 Å². The van der Waals surface area contributed by atoms with Gasteiger partial charge in [-0.2, -0.15) is 5.26 Å². The van der Waals surface area contributed by atoms with E-state index in [0.717, 1.165) is 10.6 Å². The lowest BCUT2D eigenvalue weighted by Crippen LogP contribution is -2.21. The number of oxime groups is 1. The van der Waals surface area contributed by atoms with Gasteiger partial charge in [0.2, 0.25) is 5.71 Å². The molecule has 2 aromatic rings. The Morgan fingerprint density at radius 1 is 1.48 bits per heavy atom. The van der Waals surface area contributed by atoms with Crippen LogP contribution in [0.4, 0.5) is 0 Å². The molecule has 0 radical (unpaired) electrons. The van der Waals surface area contributed by atoms with Gasteiger partial charge in [0.15, 0.2) is 6.61 Å². The van der Waals surface area contributed by atoms with E-state index in [2.05, 4.69) is 10.1 Å². The molecule has 0 aliphatic heterocycles. The maximum Gasteiger partial charge on any atom is 0.281 e. The van der Waals surface area contributed by atoms with Gasteiger partial charge in [-0.1, -0.05) is 28.9 Å². The van der Waals surface area contributed by atoms with E-state index in [1.165, 1.54) is 11.3 Å². The van der Waals surface area contributed by atoms with Crippen LogP contribution >= 0.6 is 22.9 Å². The van der Waals surface area contributed by atoms with Gasteiger partial charge in [0.25, 0.3) is 5.91 Å². The fourth-order valence-electron chi connectivity index (χ4n) is 1.38. The fourth-order valence-corrected chi connectivity index (χ4v) is 2.32. The smallest absolute Gasteiger partial charge is 0.281 e. The van der Waals surface area contributed by atoms with Crippen LogP contribution in [0.5, 0.6) is 0 Å². The number of nitrogens with two attached hydrogens (primary N) is 1. The molecule has 0 spiro atoms. The van der Waals surface area contributed by atoms with E-state index >= 15 is 0 Å². The van der Waals surface area contributed by atoms with Crippen molar-refractivity contribution in [1.82, 2.24) is 4.98 Å². The summed E-state index contributed by atoms with van der Waals surface area (Å²) in [4.78, 5) is 20.0. The number of primary amides is 1. The van der Waals surface area contributed by atoms with Gasteiger partial charge in [-0.3, -0.25) is 4.79 Å². The van der Waals surface area contributed by atoms with E-state index in [4.69, 9.17) is 27.4 Å².